The van der Waals surface area contributed by atoms with Gasteiger partial charge in [0.2, 0.25) is 0 Å². The number of aryl methyl sites for hydroxylation is 1. The smallest absolute Gasteiger partial charge is 0.259 e. The number of fused-ring (bicyclic) bond motifs is 2. The molecule has 4 heterocycles. The van der Waals surface area contributed by atoms with Crippen LogP contribution >= 0.6 is 0 Å². The fraction of sp³-hybridized carbons (Fsp3) is 0.318. The van der Waals surface area contributed by atoms with Crippen LogP contribution in [0.4, 0.5) is 15.9 Å². The summed E-state index contributed by atoms with van der Waals surface area (Å²) >= 11 is 0. The molecule has 0 radical (unpaired) electrons. The minimum absolute atomic E-state index is 0.259. The molecule has 5 rings (SSSR count). The number of nitrogens with zero attached hydrogens (tertiary/aromatic N) is 6. The Bertz CT molecular complexity index is 1330. The molecule has 0 aliphatic carbocycles. The molecule has 1 aromatic carbocycles. The summed E-state index contributed by atoms with van der Waals surface area (Å²) < 4.78 is 15.9. The number of amides is 1. The Balaban J connectivity index is 1.50. The number of benzene rings is 1. The fourth-order valence-corrected chi connectivity index (χ4v) is 4.36. The molecule has 1 fully saturated rings. The summed E-state index contributed by atoms with van der Waals surface area (Å²) in [5.41, 5.74) is 1.40. The fourth-order valence-electron chi connectivity index (χ4n) is 4.36. The van der Waals surface area contributed by atoms with Gasteiger partial charge in [-0.05, 0) is 26.0 Å². The van der Waals surface area contributed by atoms with Gasteiger partial charge >= 0.3 is 0 Å². The van der Waals surface area contributed by atoms with E-state index >= 15 is 0 Å². The van der Waals surface area contributed by atoms with Crippen LogP contribution in [0.25, 0.3) is 21.8 Å². The van der Waals surface area contributed by atoms with E-state index in [-0.39, 0.29) is 5.52 Å². The Morgan fingerprint density at radius 1 is 1.16 bits per heavy atom. The second-order valence-corrected chi connectivity index (χ2v) is 8.31. The number of piperazine rings is 1. The lowest BCUT2D eigenvalue weighted by atomic mass is 10.1. The zero-order chi connectivity index (χ0) is 22.4. The zero-order valence-electron chi connectivity index (χ0n) is 18.0. The van der Waals surface area contributed by atoms with Gasteiger partial charge in [-0.25, -0.2) is 19.3 Å². The molecule has 4 aromatic rings. The van der Waals surface area contributed by atoms with Crippen molar-refractivity contribution in [1.82, 2.24) is 30.0 Å². The molecule has 0 spiro atoms. The van der Waals surface area contributed by atoms with E-state index in [1.807, 2.05) is 0 Å². The van der Waals surface area contributed by atoms with Gasteiger partial charge in [0.05, 0.1) is 16.5 Å². The van der Waals surface area contributed by atoms with E-state index in [0.717, 1.165) is 18.9 Å². The molecular formula is C22H23FN8O. The third-order valence-corrected chi connectivity index (χ3v) is 5.56. The van der Waals surface area contributed by atoms with Crippen molar-refractivity contribution < 1.29 is 9.18 Å². The quantitative estimate of drug-likeness (QED) is 0.511. The first-order chi connectivity index (χ1) is 15.4. The highest BCUT2D eigenvalue weighted by Crippen LogP contribution is 2.28. The first-order valence-electron chi connectivity index (χ1n) is 10.4. The maximum Gasteiger partial charge on any atom is 0.259 e. The largest absolute Gasteiger partial charge is 0.353 e. The third kappa shape index (κ3) is 3.62. The van der Waals surface area contributed by atoms with E-state index in [1.54, 1.807) is 25.5 Å². The Labute approximate surface area is 183 Å². The normalized spacial score (nSPS) is 18.9. The lowest BCUT2D eigenvalue weighted by Crippen LogP contribution is -2.54. The molecule has 9 nitrogen and oxygen atoms in total. The average Bonchev–Trinajstić information content (AvgIpc) is 3.13. The van der Waals surface area contributed by atoms with Crippen molar-refractivity contribution in [3.63, 3.8) is 0 Å². The molecule has 2 atom stereocenters. The Morgan fingerprint density at radius 3 is 2.72 bits per heavy atom. The van der Waals surface area contributed by atoms with Crippen molar-refractivity contribution in [3.8, 4) is 0 Å². The molecule has 0 saturated carbocycles. The van der Waals surface area contributed by atoms with Gasteiger partial charge in [0.1, 0.15) is 17.7 Å². The molecule has 1 aliphatic heterocycles. The zero-order valence-corrected chi connectivity index (χ0v) is 18.0. The summed E-state index contributed by atoms with van der Waals surface area (Å²) in [4.78, 5) is 28.4. The van der Waals surface area contributed by atoms with Crippen molar-refractivity contribution in [1.29, 1.82) is 0 Å². The maximum absolute atomic E-state index is 14.4. The van der Waals surface area contributed by atoms with Crippen LogP contribution in [0.5, 0.6) is 0 Å². The topological polar surface area (TPSA) is 101 Å². The number of aromatic nitrogens is 5. The van der Waals surface area contributed by atoms with E-state index in [1.165, 1.54) is 23.3 Å². The standard InChI is InChI=1S/C22H23FN8O/c1-12-8-31(9-13(2)27-12)21-16-6-24-11-26-20(16)17(7-25-21)22(32)28-15-4-14-10-30(3)29-19(14)18(23)5-15/h4-7,10-13,27H,8-9H2,1-3H3,(H,28,32). The molecule has 2 unspecified atom stereocenters. The van der Waals surface area contributed by atoms with Crippen molar-refractivity contribution in [2.75, 3.05) is 23.3 Å². The van der Waals surface area contributed by atoms with Gasteiger partial charge in [0.15, 0.2) is 5.82 Å². The summed E-state index contributed by atoms with van der Waals surface area (Å²) in [6, 6.07) is 3.56. The van der Waals surface area contributed by atoms with Crippen LogP contribution in [0.2, 0.25) is 0 Å². The molecule has 0 bridgehead atoms. The molecule has 164 valence electrons. The summed E-state index contributed by atoms with van der Waals surface area (Å²) in [5.74, 6) is -0.168. The molecule has 1 aliphatic rings. The Hall–Kier alpha value is -3.66. The number of halogens is 1. The number of rotatable bonds is 3. The molecule has 1 saturated heterocycles. The summed E-state index contributed by atoms with van der Waals surface area (Å²) in [7, 11) is 1.72. The van der Waals surface area contributed by atoms with Crippen molar-refractivity contribution in [3.05, 3.63) is 48.4 Å². The van der Waals surface area contributed by atoms with Crippen molar-refractivity contribution in [2.24, 2.45) is 7.05 Å². The van der Waals surface area contributed by atoms with Crippen LogP contribution in [0, 0.1) is 5.82 Å². The van der Waals surface area contributed by atoms with Crippen molar-refractivity contribution in [2.45, 2.75) is 25.9 Å². The Kier molecular flexibility index (Phi) is 4.93. The van der Waals surface area contributed by atoms with Gasteiger partial charge in [0.25, 0.3) is 5.91 Å². The molecule has 2 N–H and O–H groups in total. The van der Waals surface area contributed by atoms with Crippen molar-refractivity contribution >= 4 is 39.2 Å². The van der Waals surface area contributed by atoms with Gasteiger partial charge in [-0.3, -0.25) is 9.48 Å². The lowest BCUT2D eigenvalue weighted by Gasteiger charge is -2.37. The second-order valence-electron chi connectivity index (χ2n) is 8.31. The van der Waals surface area contributed by atoms with Crippen LogP contribution in [0.3, 0.4) is 0 Å². The maximum atomic E-state index is 14.4. The number of carbonyl (C=O) groups excluding carboxylic acids is 1. The lowest BCUT2D eigenvalue weighted by molar-refractivity contribution is 0.102. The van der Waals surface area contributed by atoms with Gasteiger partial charge < -0.3 is 15.5 Å². The predicted octanol–water partition coefficient (Wildman–Crippen LogP) is 2.49. The number of hydrogen-bond donors (Lipinski definition) is 2. The van der Waals surface area contributed by atoms with Crippen LogP contribution in [0.15, 0.2) is 37.1 Å². The van der Waals surface area contributed by atoms with E-state index in [4.69, 9.17) is 0 Å². The van der Waals surface area contributed by atoms with Gasteiger partial charge in [-0.2, -0.15) is 5.10 Å². The van der Waals surface area contributed by atoms with E-state index in [9.17, 15) is 9.18 Å². The van der Waals surface area contributed by atoms with E-state index < -0.39 is 11.7 Å². The van der Waals surface area contributed by atoms with E-state index in [2.05, 4.69) is 49.4 Å². The number of carbonyl (C=O) groups is 1. The first-order valence-corrected chi connectivity index (χ1v) is 10.4. The van der Waals surface area contributed by atoms with Gasteiger partial charge in [-0.1, -0.05) is 0 Å². The van der Waals surface area contributed by atoms with Crippen LogP contribution in [-0.2, 0) is 7.05 Å². The predicted molar refractivity (Wildman–Crippen MR) is 120 cm³/mol. The monoisotopic (exact) mass is 434 g/mol. The SMILES string of the molecule is CC1CN(c2ncc(C(=O)Nc3cc(F)c4nn(C)cc4c3)c3ncncc23)CC(C)N1. The van der Waals surface area contributed by atoms with Crippen LogP contribution < -0.4 is 15.5 Å². The molecule has 3 aromatic heterocycles. The highest BCUT2D eigenvalue weighted by molar-refractivity contribution is 6.13. The molecule has 10 heteroatoms. The average molecular weight is 434 g/mol. The number of hydrogen-bond acceptors (Lipinski definition) is 7. The minimum atomic E-state index is -0.499. The van der Waals surface area contributed by atoms with Crippen LogP contribution in [-0.4, -0.2) is 55.8 Å². The summed E-state index contributed by atoms with van der Waals surface area (Å²) in [5, 5.41) is 11.7. The summed E-state index contributed by atoms with van der Waals surface area (Å²) in [6.45, 7) is 5.83. The minimum Gasteiger partial charge on any atom is -0.353 e. The highest BCUT2D eigenvalue weighted by Gasteiger charge is 2.25. The molecular weight excluding hydrogens is 411 g/mol. The number of anilines is 2. The van der Waals surface area contributed by atoms with Gasteiger partial charge in [0, 0.05) is 61.9 Å². The molecule has 1 amide bonds. The van der Waals surface area contributed by atoms with Gasteiger partial charge in [-0.15, -0.1) is 0 Å². The molecule has 32 heavy (non-hydrogen) atoms. The summed E-state index contributed by atoms with van der Waals surface area (Å²) in [6.07, 6.45) is 6.31. The first kappa shape index (κ1) is 20.3. The highest BCUT2D eigenvalue weighted by atomic mass is 19.1. The third-order valence-electron chi connectivity index (χ3n) is 5.56. The van der Waals surface area contributed by atoms with E-state index in [0.29, 0.717) is 39.6 Å². The number of pyridine rings is 1. The van der Waals surface area contributed by atoms with Crippen LogP contribution in [0.1, 0.15) is 24.2 Å². The Morgan fingerprint density at radius 2 is 1.94 bits per heavy atom. The number of nitrogens with one attached hydrogen (secondary N) is 2. The second kappa shape index (κ2) is 7.79.